The molecule has 0 nitrogen and oxygen atoms in total. The standard InChI is InChI=1S/C6HCl4.ClH.Mg/c7-3-1-4(8)6(10)2-5(3)9;;/h1H;1H;/q-1;;+2/p-1. The van der Waals surface area contributed by atoms with E-state index in [2.05, 4.69) is 6.07 Å². The van der Waals surface area contributed by atoms with Gasteiger partial charge in [-0.15, -0.1) is 35.3 Å². The Kier molecular flexibility index (Phi) is 9.04. The minimum Gasteiger partial charge on any atom is -1.00 e. The van der Waals surface area contributed by atoms with Crippen LogP contribution < -0.4 is 12.4 Å². The van der Waals surface area contributed by atoms with Crippen LogP contribution in [0.4, 0.5) is 0 Å². The summed E-state index contributed by atoms with van der Waals surface area (Å²) in [7, 11) is 0. The number of benzene rings is 1. The minimum absolute atomic E-state index is 0. The smallest absolute Gasteiger partial charge is 1.00 e. The van der Waals surface area contributed by atoms with E-state index in [0.717, 1.165) is 0 Å². The van der Waals surface area contributed by atoms with Crippen molar-refractivity contribution in [1.82, 2.24) is 0 Å². The van der Waals surface area contributed by atoms with Crippen LogP contribution in [0, 0.1) is 6.07 Å². The SMILES string of the molecule is Clc1[c-]c(Cl)c(Cl)cc1Cl.[Cl-].[Mg+2]. The molecule has 0 aliphatic heterocycles. The Morgan fingerprint density at radius 3 is 1.50 bits per heavy atom. The van der Waals surface area contributed by atoms with Crippen molar-refractivity contribution in [1.29, 1.82) is 0 Å². The van der Waals surface area contributed by atoms with Gasteiger partial charge in [-0.25, -0.2) is 0 Å². The first-order valence-electron chi connectivity index (χ1n) is 2.33. The van der Waals surface area contributed by atoms with Crippen LogP contribution in [0.15, 0.2) is 6.07 Å². The summed E-state index contributed by atoms with van der Waals surface area (Å²) < 4.78 is 0. The van der Waals surface area contributed by atoms with Gasteiger partial charge in [0.1, 0.15) is 0 Å². The molecule has 0 saturated heterocycles. The molecule has 1 aromatic carbocycles. The maximum absolute atomic E-state index is 5.58. The van der Waals surface area contributed by atoms with Gasteiger partial charge in [-0.1, -0.05) is 20.1 Å². The Labute approximate surface area is 113 Å². The Hall–Kier alpha value is 1.44. The average molecular weight is 275 g/mol. The molecule has 0 bridgehead atoms. The van der Waals surface area contributed by atoms with Crippen molar-refractivity contribution >= 4 is 69.5 Å². The Morgan fingerprint density at radius 2 is 1.25 bits per heavy atom. The van der Waals surface area contributed by atoms with Crippen LogP contribution in [-0.4, -0.2) is 23.1 Å². The molecule has 0 unspecified atom stereocenters. The second-order valence-electron chi connectivity index (χ2n) is 1.59. The van der Waals surface area contributed by atoms with Crippen LogP contribution in [0.3, 0.4) is 0 Å². The zero-order chi connectivity index (χ0) is 7.72. The Bertz CT molecular complexity index is 212. The molecular weight excluding hydrogens is 274 g/mol. The first-order chi connectivity index (χ1) is 4.61. The van der Waals surface area contributed by atoms with Gasteiger partial charge in [-0.05, 0) is 0 Å². The summed E-state index contributed by atoms with van der Waals surface area (Å²) in [6, 6.07) is 4.05. The molecule has 0 saturated carbocycles. The van der Waals surface area contributed by atoms with Gasteiger partial charge in [0.05, 0.1) is 0 Å². The fourth-order valence-electron chi connectivity index (χ4n) is 0.454. The third-order valence-corrected chi connectivity index (χ3v) is 2.28. The van der Waals surface area contributed by atoms with Gasteiger partial charge < -0.3 is 12.4 Å². The molecule has 0 amide bonds. The van der Waals surface area contributed by atoms with Gasteiger partial charge in [0.2, 0.25) is 0 Å². The van der Waals surface area contributed by atoms with E-state index in [1.807, 2.05) is 0 Å². The number of hydrogen-bond acceptors (Lipinski definition) is 0. The predicted molar refractivity (Wildman–Crippen MR) is 51.1 cm³/mol. The summed E-state index contributed by atoms with van der Waals surface area (Å²) in [5.74, 6) is 0. The Morgan fingerprint density at radius 1 is 0.917 bits per heavy atom. The molecule has 0 spiro atoms. The van der Waals surface area contributed by atoms with E-state index in [9.17, 15) is 0 Å². The van der Waals surface area contributed by atoms with Crippen LogP contribution in [0.5, 0.6) is 0 Å². The molecule has 0 fully saturated rings. The van der Waals surface area contributed by atoms with Gasteiger partial charge in [0.25, 0.3) is 0 Å². The molecule has 0 aromatic heterocycles. The van der Waals surface area contributed by atoms with E-state index in [1.165, 1.54) is 6.07 Å². The predicted octanol–water partition coefficient (Wildman–Crippen LogP) is 0.724. The van der Waals surface area contributed by atoms with E-state index in [1.54, 1.807) is 0 Å². The van der Waals surface area contributed by atoms with Gasteiger partial charge in [-0.3, -0.25) is 0 Å². The molecule has 1 aromatic rings. The Balaban J connectivity index is 0. The second kappa shape index (κ2) is 6.83. The van der Waals surface area contributed by atoms with E-state index < -0.39 is 0 Å². The first-order valence-corrected chi connectivity index (χ1v) is 3.85. The molecule has 6 heteroatoms. The molecular formula is C6HCl5Mg. The quantitative estimate of drug-likeness (QED) is 0.372. The van der Waals surface area contributed by atoms with Gasteiger partial charge in [0.15, 0.2) is 0 Å². The number of halogens is 5. The number of hydrogen-bond donors (Lipinski definition) is 0. The van der Waals surface area contributed by atoms with Gasteiger partial charge in [-0.2, -0.15) is 23.2 Å². The summed E-state index contributed by atoms with van der Waals surface area (Å²) in [6.07, 6.45) is 0. The molecule has 0 heterocycles. The van der Waals surface area contributed by atoms with Crippen molar-refractivity contribution in [2.24, 2.45) is 0 Å². The van der Waals surface area contributed by atoms with Gasteiger partial charge >= 0.3 is 23.1 Å². The first kappa shape index (κ1) is 15.9. The fourth-order valence-corrected chi connectivity index (χ4v) is 1.17. The van der Waals surface area contributed by atoms with Gasteiger partial charge in [0, 0.05) is 0 Å². The normalized spacial score (nSPS) is 8.33. The monoisotopic (exact) mass is 272 g/mol. The molecule has 1 rings (SSSR count). The molecule has 0 aliphatic rings. The molecule has 0 aliphatic carbocycles. The molecule has 62 valence electrons. The maximum atomic E-state index is 5.58. The molecule has 0 N–H and O–H groups in total. The second-order valence-corrected chi connectivity index (χ2v) is 3.16. The van der Waals surface area contributed by atoms with Crippen LogP contribution in [0.25, 0.3) is 0 Å². The van der Waals surface area contributed by atoms with Crippen LogP contribution in [0.2, 0.25) is 20.1 Å². The largest absolute Gasteiger partial charge is 2.00 e. The summed E-state index contributed by atoms with van der Waals surface area (Å²) in [5, 5.41) is 1.29. The van der Waals surface area contributed by atoms with Crippen LogP contribution in [-0.2, 0) is 0 Å². The van der Waals surface area contributed by atoms with Crippen molar-refractivity contribution < 1.29 is 12.4 Å². The van der Waals surface area contributed by atoms with E-state index in [-0.39, 0.29) is 45.5 Å². The maximum Gasteiger partial charge on any atom is 2.00 e. The average Bonchev–Trinajstić information content (AvgIpc) is 1.84. The van der Waals surface area contributed by atoms with Crippen molar-refractivity contribution in [2.45, 2.75) is 0 Å². The molecule has 12 heavy (non-hydrogen) atoms. The zero-order valence-electron chi connectivity index (χ0n) is 5.67. The van der Waals surface area contributed by atoms with Crippen molar-refractivity contribution in [3.63, 3.8) is 0 Å². The molecule has 0 atom stereocenters. The summed E-state index contributed by atoms with van der Waals surface area (Å²) in [4.78, 5) is 0. The van der Waals surface area contributed by atoms with Crippen LogP contribution in [0.1, 0.15) is 0 Å². The van der Waals surface area contributed by atoms with E-state index >= 15 is 0 Å². The third kappa shape index (κ3) is 4.10. The molecule has 0 radical (unpaired) electrons. The zero-order valence-corrected chi connectivity index (χ0v) is 10.9. The van der Waals surface area contributed by atoms with Crippen molar-refractivity contribution in [3.8, 4) is 0 Å². The third-order valence-electron chi connectivity index (χ3n) is 0.892. The fraction of sp³-hybridized carbons (Fsp3) is 0. The topological polar surface area (TPSA) is 0 Å². The summed E-state index contributed by atoms with van der Waals surface area (Å²) in [5.41, 5.74) is 0. The number of rotatable bonds is 0. The van der Waals surface area contributed by atoms with Crippen LogP contribution >= 0.6 is 46.4 Å². The summed E-state index contributed by atoms with van der Waals surface area (Å²) in [6.45, 7) is 0. The van der Waals surface area contributed by atoms with Crippen molar-refractivity contribution in [2.75, 3.05) is 0 Å². The summed E-state index contributed by atoms with van der Waals surface area (Å²) >= 11 is 22.3. The van der Waals surface area contributed by atoms with E-state index in [4.69, 9.17) is 46.4 Å². The minimum atomic E-state index is 0. The van der Waals surface area contributed by atoms with Crippen molar-refractivity contribution in [3.05, 3.63) is 32.2 Å². The van der Waals surface area contributed by atoms with E-state index in [0.29, 0.717) is 10.0 Å².